The molecule has 0 radical (unpaired) electrons. The van der Waals surface area contributed by atoms with Crippen LogP contribution in [0.3, 0.4) is 0 Å². The fourth-order valence-corrected chi connectivity index (χ4v) is 2.36. The van der Waals surface area contributed by atoms with Gasteiger partial charge in [-0.25, -0.2) is 0 Å². The Morgan fingerprint density at radius 1 is 1.40 bits per heavy atom. The molecule has 20 heavy (non-hydrogen) atoms. The van der Waals surface area contributed by atoms with Gasteiger partial charge in [0.25, 0.3) is 5.91 Å². The van der Waals surface area contributed by atoms with Gasteiger partial charge in [0.15, 0.2) is 0 Å². The molecular formula is C15H24ClN3O. The molecule has 1 amide bonds. The van der Waals surface area contributed by atoms with Crippen molar-refractivity contribution in [3.05, 3.63) is 29.8 Å². The smallest absolute Gasteiger partial charge is 0.251 e. The van der Waals surface area contributed by atoms with E-state index >= 15 is 0 Å². The number of nitrogens with one attached hydrogen (secondary N) is 2. The van der Waals surface area contributed by atoms with Gasteiger partial charge in [0.2, 0.25) is 0 Å². The summed E-state index contributed by atoms with van der Waals surface area (Å²) in [6.45, 7) is 4.10. The average Bonchev–Trinajstić information content (AvgIpc) is 2.41. The molecule has 0 saturated carbocycles. The normalized spacial score (nSPS) is 21.8. The Kier molecular flexibility index (Phi) is 6.30. The molecule has 0 bridgehead atoms. The topological polar surface area (TPSA) is 44.4 Å². The molecule has 1 aromatic carbocycles. The van der Waals surface area contributed by atoms with Crippen molar-refractivity contribution < 1.29 is 4.79 Å². The van der Waals surface area contributed by atoms with E-state index in [1.807, 2.05) is 43.3 Å². The van der Waals surface area contributed by atoms with Crippen molar-refractivity contribution in [1.82, 2.24) is 10.6 Å². The van der Waals surface area contributed by atoms with Gasteiger partial charge in [-0.1, -0.05) is 13.0 Å². The molecule has 2 unspecified atom stereocenters. The molecule has 2 N–H and O–H groups in total. The Morgan fingerprint density at radius 3 is 2.80 bits per heavy atom. The van der Waals surface area contributed by atoms with Crippen molar-refractivity contribution in [1.29, 1.82) is 0 Å². The quantitative estimate of drug-likeness (QED) is 0.896. The lowest BCUT2D eigenvalue weighted by Gasteiger charge is -2.30. The molecular weight excluding hydrogens is 274 g/mol. The van der Waals surface area contributed by atoms with E-state index in [9.17, 15) is 4.79 Å². The van der Waals surface area contributed by atoms with Crippen LogP contribution in [0.1, 0.15) is 23.7 Å². The van der Waals surface area contributed by atoms with Crippen molar-refractivity contribution in [2.45, 2.75) is 19.4 Å². The highest BCUT2D eigenvalue weighted by molar-refractivity contribution is 5.95. The number of benzene rings is 1. The highest BCUT2D eigenvalue weighted by Gasteiger charge is 2.23. The van der Waals surface area contributed by atoms with Crippen LogP contribution in [0.2, 0.25) is 0 Å². The van der Waals surface area contributed by atoms with Crippen LogP contribution in [0.4, 0.5) is 5.69 Å². The van der Waals surface area contributed by atoms with Gasteiger partial charge in [0, 0.05) is 37.9 Å². The van der Waals surface area contributed by atoms with Crippen LogP contribution in [0.25, 0.3) is 0 Å². The van der Waals surface area contributed by atoms with Gasteiger partial charge in [-0.2, -0.15) is 0 Å². The number of rotatable bonds is 3. The first-order valence-corrected chi connectivity index (χ1v) is 6.87. The second-order valence-corrected chi connectivity index (χ2v) is 5.49. The summed E-state index contributed by atoms with van der Waals surface area (Å²) in [7, 11) is 3.95. The maximum absolute atomic E-state index is 12.3. The summed E-state index contributed by atoms with van der Waals surface area (Å²) in [6.07, 6.45) is 1.11. The fraction of sp³-hybridized carbons (Fsp3) is 0.533. The van der Waals surface area contributed by atoms with Crippen LogP contribution in [-0.4, -0.2) is 39.1 Å². The van der Waals surface area contributed by atoms with Gasteiger partial charge in [0.05, 0.1) is 0 Å². The predicted octanol–water partition coefficient (Wildman–Crippen LogP) is 1.90. The highest BCUT2D eigenvalue weighted by atomic mass is 35.5. The fourth-order valence-electron chi connectivity index (χ4n) is 2.36. The molecule has 1 aromatic rings. The average molecular weight is 298 g/mol. The number of carbonyl (C=O) groups excluding carboxylic acids is 1. The third-order valence-electron chi connectivity index (χ3n) is 3.77. The van der Waals surface area contributed by atoms with Crippen molar-refractivity contribution >= 4 is 24.0 Å². The maximum atomic E-state index is 12.3. The van der Waals surface area contributed by atoms with E-state index < -0.39 is 0 Å². The summed E-state index contributed by atoms with van der Waals surface area (Å²) >= 11 is 0. The van der Waals surface area contributed by atoms with Gasteiger partial charge in [-0.15, -0.1) is 12.4 Å². The first-order valence-electron chi connectivity index (χ1n) is 6.87. The molecule has 0 aromatic heterocycles. The minimum absolute atomic E-state index is 0. The van der Waals surface area contributed by atoms with E-state index in [0.29, 0.717) is 5.92 Å². The van der Waals surface area contributed by atoms with Crippen LogP contribution in [0.5, 0.6) is 0 Å². The number of carbonyl (C=O) groups is 1. The number of hydrogen-bond donors (Lipinski definition) is 2. The Labute approximate surface area is 127 Å². The SMILES string of the molecule is CC1CCNCC1NC(=O)c1cccc(N(C)C)c1.Cl. The van der Waals surface area contributed by atoms with Crippen molar-refractivity contribution in [2.24, 2.45) is 5.92 Å². The van der Waals surface area contributed by atoms with E-state index in [2.05, 4.69) is 17.6 Å². The Balaban J connectivity index is 0.00000200. The third-order valence-corrected chi connectivity index (χ3v) is 3.77. The maximum Gasteiger partial charge on any atom is 0.251 e. The van der Waals surface area contributed by atoms with Crippen LogP contribution in [0.15, 0.2) is 24.3 Å². The standard InChI is InChI=1S/C15H23N3O.ClH/c1-11-7-8-16-10-14(11)17-15(19)12-5-4-6-13(9-12)18(2)3;/h4-6,9,11,14,16H,7-8,10H2,1-3H3,(H,17,19);1H. The van der Waals surface area contributed by atoms with Gasteiger partial charge >= 0.3 is 0 Å². The summed E-state index contributed by atoms with van der Waals surface area (Å²) in [4.78, 5) is 14.3. The lowest BCUT2D eigenvalue weighted by Crippen LogP contribution is -2.50. The van der Waals surface area contributed by atoms with Crippen LogP contribution in [-0.2, 0) is 0 Å². The van der Waals surface area contributed by atoms with E-state index in [-0.39, 0.29) is 24.4 Å². The summed E-state index contributed by atoms with van der Waals surface area (Å²) in [5.41, 5.74) is 1.77. The predicted molar refractivity (Wildman–Crippen MR) is 85.9 cm³/mol. The van der Waals surface area contributed by atoms with Gasteiger partial charge < -0.3 is 15.5 Å². The molecule has 5 heteroatoms. The molecule has 0 aliphatic carbocycles. The van der Waals surface area contributed by atoms with Crippen molar-refractivity contribution in [3.8, 4) is 0 Å². The van der Waals surface area contributed by atoms with E-state index in [4.69, 9.17) is 0 Å². The van der Waals surface area contributed by atoms with Crippen molar-refractivity contribution in [3.63, 3.8) is 0 Å². The summed E-state index contributed by atoms with van der Waals surface area (Å²) in [5.74, 6) is 0.548. The first kappa shape index (κ1) is 16.8. The highest BCUT2D eigenvalue weighted by Crippen LogP contribution is 2.15. The lowest BCUT2D eigenvalue weighted by molar-refractivity contribution is 0.0915. The number of anilines is 1. The molecule has 1 saturated heterocycles. The summed E-state index contributed by atoms with van der Waals surface area (Å²) in [5, 5.41) is 6.46. The number of hydrogen-bond acceptors (Lipinski definition) is 3. The molecule has 1 aliphatic rings. The number of halogens is 1. The number of nitrogens with zero attached hydrogens (tertiary/aromatic N) is 1. The molecule has 1 fully saturated rings. The summed E-state index contributed by atoms with van der Waals surface area (Å²) in [6, 6.07) is 7.94. The molecule has 2 rings (SSSR count). The van der Waals surface area contributed by atoms with Crippen LogP contribution < -0.4 is 15.5 Å². The third kappa shape index (κ3) is 4.12. The summed E-state index contributed by atoms with van der Waals surface area (Å²) < 4.78 is 0. The Morgan fingerprint density at radius 2 is 2.15 bits per heavy atom. The Bertz CT molecular complexity index is 450. The molecule has 4 nitrogen and oxygen atoms in total. The first-order chi connectivity index (χ1) is 9.08. The molecule has 112 valence electrons. The number of amides is 1. The molecule has 1 heterocycles. The number of piperidine rings is 1. The second-order valence-electron chi connectivity index (χ2n) is 5.49. The van der Waals surface area contributed by atoms with E-state index in [0.717, 1.165) is 30.8 Å². The van der Waals surface area contributed by atoms with Gasteiger partial charge in [-0.05, 0) is 37.1 Å². The van der Waals surface area contributed by atoms with Gasteiger partial charge in [-0.3, -0.25) is 4.79 Å². The van der Waals surface area contributed by atoms with Gasteiger partial charge in [0.1, 0.15) is 0 Å². The lowest BCUT2D eigenvalue weighted by atomic mass is 9.94. The molecule has 0 spiro atoms. The van der Waals surface area contributed by atoms with Crippen LogP contribution in [0, 0.1) is 5.92 Å². The monoisotopic (exact) mass is 297 g/mol. The molecule has 1 aliphatic heterocycles. The van der Waals surface area contributed by atoms with Crippen molar-refractivity contribution in [2.75, 3.05) is 32.1 Å². The Hall–Kier alpha value is -1.26. The zero-order valence-corrected chi connectivity index (χ0v) is 13.2. The minimum Gasteiger partial charge on any atom is -0.378 e. The molecule has 2 atom stereocenters. The zero-order chi connectivity index (χ0) is 13.8. The largest absolute Gasteiger partial charge is 0.378 e. The zero-order valence-electron chi connectivity index (χ0n) is 12.3. The second kappa shape index (κ2) is 7.50. The van der Waals surface area contributed by atoms with E-state index in [1.165, 1.54) is 0 Å². The minimum atomic E-state index is 0. The van der Waals surface area contributed by atoms with E-state index in [1.54, 1.807) is 0 Å². The van der Waals surface area contributed by atoms with Crippen LogP contribution >= 0.6 is 12.4 Å².